The van der Waals surface area contributed by atoms with Gasteiger partial charge in [0.1, 0.15) is 11.5 Å². The first kappa shape index (κ1) is 36.8. The molecule has 0 aliphatic heterocycles. The third-order valence-corrected chi connectivity index (χ3v) is 9.75. The maximum Gasteiger partial charge on any atom is 0.337 e. The van der Waals surface area contributed by atoms with Crippen LogP contribution in [0.5, 0.6) is 11.5 Å². The lowest BCUT2D eigenvalue weighted by atomic mass is 9.86. The van der Waals surface area contributed by atoms with E-state index in [4.69, 9.17) is 0 Å². The number of nitrogens with zero attached hydrogens (tertiary/aromatic N) is 1. The summed E-state index contributed by atoms with van der Waals surface area (Å²) in [4.78, 5) is 35.9. The summed E-state index contributed by atoms with van der Waals surface area (Å²) in [7, 11) is 1.30. The molecule has 0 aliphatic carbocycles. The van der Waals surface area contributed by atoms with Crippen molar-refractivity contribution in [2.24, 2.45) is 5.10 Å². The largest absolute Gasteiger partial charge is 0.506 e. The Morgan fingerprint density at radius 1 is 0.694 bits per heavy atom. The van der Waals surface area contributed by atoms with Crippen LogP contribution in [0.3, 0.4) is 0 Å². The lowest BCUT2D eigenvalue weighted by molar-refractivity contribution is 0.0600. The summed E-state index contributed by atoms with van der Waals surface area (Å²) in [5.74, 6) is -0.699. The van der Waals surface area contributed by atoms with Gasteiger partial charge in [0.2, 0.25) is 0 Å². The van der Waals surface area contributed by atoms with Crippen LogP contribution in [0.2, 0.25) is 0 Å². The number of esters is 1. The van der Waals surface area contributed by atoms with E-state index in [9.17, 15) is 24.6 Å². The quantitative estimate of drug-likeness (QED) is 0.0675. The molecule has 5 aromatic rings. The fourth-order valence-electron chi connectivity index (χ4n) is 4.66. The first-order chi connectivity index (χ1) is 23.1. The summed E-state index contributed by atoms with van der Waals surface area (Å²) >= 11 is 2.79. The highest BCUT2D eigenvalue weighted by Gasteiger charge is 2.17. The van der Waals surface area contributed by atoms with Crippen LogP contribution in [-0.4, -0.2) is 41.7 Å². The molecule has 3 N–H and O–H groups in total. The van der Waals surface area contributed by atoms with Crippen LogP contribution >= 0.6 is 22.7 Å². The van der Waals surface area contributed by atoms with Gasteiger partial charge in [-0.15, -0.1) is 22.7 Å². The van der Waals surface area contributed by atoms with Gasteiger partial charge in [-0.2, -0.15) is 5.10 Å². The Hall–Kier alpha value is -5.06. The van der Waals surface area contributed by atoms with Gasteiger partial charge in [0.15, 0.2) is 6.29 Å². The van der Waals surface area contributed by atoms with Gasteiger partial charge in [-0.3, -0.25) is 9.59 Å². The summed E-state index contributed by atoms with van der Waals surface area (Å²) in [6.45, 7) is 12.9. The lowest BCUT2D eigenvalue weighted by Gasteiger charge is -2.19. The topological polar surface area (TPSA) is 125 Å². The van der Waals surface area contributed by atoms with Crippen molar-refractivity contribution in [3.8, 4) is 32.4 Å². The molecule has 10 heteroatoms. The minimum Gasteiger partial charge on any atom is -0.506 e. The first-order valence-electron chi connectivity index (χ1n) is 15.4. The molecule has 0 aliphatic rings. The van der Waals surface area contributed by atoms with Gasteiger partial charge in [-0.25, -0.2) is 10.2 Å². The van der Waals surface area contributed by atoms with Crippen LogP contribution in [0, 0.1) is 0 Å². The van der Waals surface area contributed by atoms with E-state index >= 15 is 0 Å². The molecule has 0 saturated heterocycles. The van der Waals surface area contributed by atoms with Crippen molar-refractivity contribution in [1.29, 1.82) is 0 Å². The number of carbonyl (C=O) groups excluding carboxylic acids is 3. The molecular formula is C39H40N2O6S2. The van der Waals surface area contributed by atoms with E-state index in [2.05, 4.69) is 81.1 Å². The van der Waals surface area contributed by atoms with Crippen molar-refractivity contribution < 1.29 is 29.3 Å². The van der Waals surface area contributed by atoms with Gasteiger partial charge >= 0.3 is 5.97 Å². The van der Waals surface area contributed by atoms with Crippen molar-refractivity contribution in [3.05, 3.63) is 117 Å². The van der Waals surface area contributed by atoms with Crippen LogP contribution in [0.4, 0.5) is 0 Å². The van der Waals surface area contributed by atoms with E-state index in [0.29, 0.717) is 28.5 Å². The normalized spacial score (nSPS) is 11.5. The minimum absolute atomic E-state index is 0.0612. The minimum atomic E-state index is -0.471. The fourth-order valence-corrected chi connectivity index (χ4v) is 6.49. The molecule has 0 radical (unpaired) electrons. The number of carbonyl (C=O) groups is 3. The molecule has 0 fully saturated rings. The molecule has 8 nitrogen and oxygen atoms in total. The van der Waals surface area contributed by atoms with Crippen molar-refractivity contribution in [2.75, 3.05) is 7.11 Å². The second-order valence-electron chi connectivity index (χ2n) is 13.3. The number of aldehydes is 1. The van der Waals surface area contributed by atoms with Gasteiger partial charge < -0.3 is 14.9 Å². The van der Waals surface area contributed by atoms with E-state index in [1.54, 1.807) is 10.8 Å². The number of ether oxygens (including phenoxy) is 1. The van der Waals surface area contributed by atoms with Gasteiger partial charge in [-0.1, -0.05) is 90.1 Å². The monoisotopic (exact) mass is 696 g/mol. The predicted octanol–water partition coefficient (Wildman–Crippen LogP) is 9.20. The van der Waals surface area contributed by atoms with Gasteiger partial charge in [0.25, 0.3) is 5.91 Å². The third-order valence-electron chi connectivity index (χ3n) is 7.68. The van der Waals surface area contributed by atoms with Crippen molar-refractivity contribution >= 4 is 47.1 Å². The molecule has 1 amide bonds. The van der Waals surface area contributed by atoms with E-state index < -0.39 is 11.9 Å². The third kappa shape index (κ3) is 9.10. The molecule has 0 unspecified atom stereocenters. The highest BCUT2D eigenvalue weighted by Crippen LogP contribution is 2.39. The van der Waals surface area contributed by atoms with E-state index in [0.717, 1.165) is 20.9 Å². The molecule has 0 atom stereocenters. The van der Waals surface area contributed by atoms with Gasteiger partial charge in [0, 0.05) is 21.9 Å². The second-order valence-corrected chi connectivity index (χ2v) is 15.0. The lowest BCUT2D eigenvalue weighted by Crippen LogP contribution is -2.17. The number of rotatable bonds is 7. The number of amides is 1. The van der Waals surface area contributed by atoms with Crippen LogP contribution in [-0.2, 0) is 15.6 Å². The Bertz CT molecular complexity index is 1940. The number of methoxy groups -OCH3 is 1. The maximum atomic E-state index is 12.2. The first-order valence-corrected chi connectivity index (χ1v) is 17.2. The Labute approximate surface area is 294 Å². The standard InChI is InChI=1S/C24H24N2O4S.C15H16O2S/c1-24(2,3)19-11-9-15(10-12-19)21-20(27)18(14-31-21)13-25-26-22(28)16-5-7-17(8-6-16)23(29)30-4;1-15(2,3)12-6-4-10(5-7-12)14-13(17)11(8-16)9-18-14/h5-14,27H,1-4H3,(H,26,28);4-9,17H,1-3H3/b25-13+;. The smallest absolute Gasteiger partial charge is 0.337 e. The number of thiophene rings is 2. The van der Waals surface area contributed by atoms with Crippen LogP contribution in [0.1, 0.15) is 89.3 Å². The highest BCUT2D eigenvalue weighted by molar-refractivity contribution is 7.14. The zero-order valence-corrected chi connectivity index (χ0v) is 30.2. The average Bonchev–Trinajstić information content (AvgIpc) is 3.65. The maximum absolute atomic E-state index is 12.2. The average molecular weight is 697 g/mol. The fraction of sp³-hybridized carbons (Fsp3) is 0.231. The second kappa shape index (κ2) is 15.4. The summed E-state index contributed by atoms with van der Waals surface area (Å²) in [6.07, 6.45) is 2.08. The number of hydrogen-bond acceptors (Lipinski definition) is 9. The predicted molar refractivity (Wildman–Crippen MR) is 198 cm³/mol. The Balaban J connectivity index is 0.000000254. The van der Waals surface area contributed by atoms with E-state index in [1.165, 1.54) is 71.4 Å². The van der Waals surface area contributed by atoms with Gasteiger partial charge in [-0.05, 0) is 57.3 Å². The molecule has 0 spiro atoms. The molecule has 2 heterocycles. The van der Waals surface area contributed by atoms with Crippen molar-refractivity contribution in [3.63, 3.8) is 0 Å². The molecule has 2 aromatic heterocycles. The Morgan fingerprint density at radius 3 is 1.53 bits per heavy atom. The summed E-state index contributed by atoms with van der Waals surface area (Å²) < 4.78 is 4.63. The molecule has 49 heavy (non-hydrogen) atoms. The van der Waals surface area contributed by atoms with E-state index in [1.807, 2.05) is 24.3 Å². The Kier molecular flexibility index (Phi) is 11.6. The van der Waals surface area contributed by atoms with Crippen LogP contribution in [0.25, 0.3) is 20.9 Å². The van der Waals surface area contributed by atoms with Crippen LogP contribution < -0.4 is 5.43 Å². The summed E-state index contributed by atoms with van der Waals surface area (Å²) in [5, 5.41) is 27.8. The zero-order valence-electron chi connectivity index (χ0n) is 28.5. The number of hydrazone groups is 1. The number of nitrogens with one attached hydrogen (secondary N) is 1. The molecule has 3 aromatic carbocycles. The number of hydrogen-bond donors (Lipinski definition) is 3. The number of aromatic hydroxyl groups is 2. The summed E-state index contributed by atoms with van der Waals surface area (Å²) in [6, 6.07) is 22.3. The molecule has 0 bridgehead atoms. The van der Waals surface area contributed by atoms with Crippen molar-refractivity contribution in [2.45, 2.75) is 52.4 Å². The molecule has 5 rings (SSSR count). The SMILES string of the molecule is CC(C)(C)c1ccc(-c2scc(C=O)c2O)cc1.COC(=O)c1ccc(C(=O)N/N=C/c2csc(-c3ccc(C(C)(C)C)cc3)c2O)cc1. The van der Waals surface area contributed by atoms with Crippen molar-refractivity contribution in [1.82, 2.24) is 5.43 Å². The van der Waals surface area contributed by atoms with E-state index in [-0.39, 0.29) is 22.3 Å². The molecular weight excluding hydrogens is 657 g/mol. The molecule has 0 saturated carbocycles. The Morgan fingerprint density at radius 2 is 1.12 bits per heavy atom. The summed E-state index contributed by atoms with van der Waals surface area (Å²) in [5.41, 5.74) is 8.50. The number of benzene rings is 3. The molecule has 254 valence electrons. The zero-order chi connectivity index (χ0) is 35.9. The highest BCUT2D eigenvalue weighted by atomic mass is 32.1. The van der Waals surface area contributed by atoms with Crippen LogP contribution in [0.15, 0.2) is 88.7 Å². The van der Waals surface area contributed by atoms with Gasteiger partial charge in [0.05, 0.1) is 34.2 Å².